The summed E-state index contributed by atoms with van der Waals surface area (Å²) in [5.41, 5.74) is 1.49. The lowest BCUT2D eigenvalue weighted by molar-refractivity contribution is -0.191. The molecule has 0 unspecified atom stereocenters. The van der Waals surface area contributed by atoms with Gasteiger partial charge in [0.15, 0.2) is 0 Å². The highest BCUT2D eigenvalue weighted by molar-refractivity contribution is 8.00. The van der Waals surface area contributed by atoms with Gasteiger partial charge in [0.05, 0.1) is 12.7 Å². The minimum absolute atomic E-state index is 0.250. The summed E-state index contributed by atoms with van der Waals surface area (Å²) in [7, 11) is 1.65. The van der Waals surface area contributed by atoms with Crippen LogP contribution in [0.3, 0.4) is 0 Å². The number of aryl methyl sites for hydroxylation is 1. The van der Waals surface area contributed by atoms with Crippen LogP contribution in [0.4, 0.5) is 13.2 Å². The van der Waals surface area contributed by atoms with Crippen LogP contribution in [-0.4, -0.2) is 24.8 Å². The molecule has 0 amide bonds. The van der Waals surface area contributed by atoms with Crippen molar-refractivity contribution >= 4 is 29.7 Å². The van der Waals surface area contributed by atoms with Crippen LogP contribution < -0.4 is 4.74 Å². The average molecular weight is 428 g/mol. The number of hydrogen-bond donors (Lipinski definition) is 0. The van der Waals surface area contributed by atoms with Crippen molar-refractivity contribution in [1.82, 2.24) is 0 Å². The summed E-state index contributed by atoms with van der Waals surface area (Å²) >= 11 is 3.18. The number of ether oxygens (including phenoxy) is 1. The van der Waals surface area contributed by atoms with Gasteiger partial charge in [-0.15, -0.1) is 23.5 Å². The molecule has 0 saturated heterocycles. The maximum absolute atomic E-state index is 12.5. The van der Waals surface area contributed by atoms with E-state index in [2.05, 4.69) is 12.6 Å². The predicted molar refractivity (Wildman–Crippen MR) is 105 cm³/mol. The Labute approximate surface area is 170 Å². The minimum Gasteiger partial charge on any atom is -0.496 e. The van der Waals surface area contributed by atoms with Crippen LogP contribution in [-0.2, 0) is 15.8 Å². The number of halogens is 3. The Bertz CT molecular complexity index is 812. The smallest absolute Gasteiger partial charge is 0.416 e. The topological polar surface area (TPSA) is 43.4 Å². The third-order valence-corrected chi connectivity index (χ3v) is 5.73. The fourth-order valence-electron chi connectivity index (χ4n) is 2.09. The van der Waals surface area contributed by atoms with E-state index in [4.69, 9.17) is 14.3 Å². The van der Waals surface area contributed by atoms with Gasteiger partial charge in [-0.1, -0.05) is 12.2 Å². The molecule has 28 heavy (non-hydrogen) atoms. The molecule has 0 aliphatic carbocycles. The van der Waals surface area contributed by atoms with E-state index in [0.717, 1.165) is 44.6 Å². The summed E-state index contributed by atoms with van der Waals surface area (Å²) in [4.78, 5) is 18.2. The van der Waals surface area contributed by atoms with Crippen LogP contribution in [0.25, 0.3) is 0 Å². The number of alkyl halides is 3. The summed E-state index contributed by atoms with van der Waals surface area (Å²) < 4.78 is 42.9. The van der Waals surface area contributed by atoms with Gasteiger partial charge < -0.3 is 4.74 Å². The molecule has 3 nitrogen and oxygen atoms in total. The summed E-state index contributed by atoms with van der Waals surface area (Å²) in [6, 6.07) is 11.2. The molecule has 150 valence electrons. The van der Waals surface area contributed by atoms with Crippen LogP contribution in [0.5, 0.6) is 5.75 Å². The van der Waals surface area contributed by atoms with Gasteiger partial charge in [-0.05, 0) is 55.0 Å². The molecular weight excluding hydrogens is 409 g/mol. The molecule has 0 atom stereocenters. The molecule has 0 aromatic heterocycles. The number of benzene rings is 2. The summed E-state index contributed by atoms with van der Waals surface area (Å²) in [5.74, 6) is 2.30. The van der Waals surface area contributed by atoms with Gasteiger partial charge in [-0.25, -0.2) is 0 Å². The highest BCUT2D eigenvalue weighted by Gasteiger charge is 2.29. The minimum atomic E-state index is -4.29. The monoisotopic (exact) mass is 428 g/mol. The number of carbonyl (C=O) groups excluding carboxylic acids is 2. The maximum atomic E-state index is 12.5. The molecule has 0 spiro atoms. The Balaban J connectivity index is 0.00000122. The van der Waals surface area contributed by atoms with Gasteiger partial charge in [0.2, 0.25) is 0 Å². The second kappa shape index (κ2) is 11.6. The van der Waals surface area contributed by atoms with E-state index in [1.165, 1.54) is 23.9 Å². The first-order valence-electron chi connectivity index (χ1n) is 7.94. The largest absolute Gasteiger partial charge is 0.496 e. The predicted octanol–water partition coefficient (Wildman–Crippen LogP) is 5.88. The van der Waals surface area contributed by atoms with Gasteiger partial charge in [0.1, 0.15) is 5.75 Å². The highest BCUT2D eigenvalue weighted by atomic mass is 32.2. The van der Waals surface area contributed by atoms with Gasteiger partial charge in [0, 0.05) is 21.3 Å². The van der Waals surface area contributed by atoms with Gasteiger partial charge >= 0.3 is 12.3 Å². The molecular formula is C20H19F3O3S2. The molecule has 0 aliphatic heterocycles. The quantitative estimate of drug-likeness (QED) is 0.407. The SMILES string of the molecule is C=C(CSc1ccc(C(F)(F)F)cc1)CSc1ccc(OC)c(C)c1.O=C=O. The first-order valence-corrected chi connectivity index (χ1v) is 9.91. The van der Waals surface area contributed by atoms with Crippen LogP contribution in [0.15, 0.2) is 64.4 Å². The molecule has 2 rings (SSSR count). The Morgan fingerprint density at radius 2 is 1.54 bits per heavy atom. The van der Waals surface area contributed by atoms with E-state index in [9.17, 15) is 13.2 Å². The highest BCUT2D eigenvalue weighted by Crippen LogP contribution is 2.32. The van der Waals surface area contributed by atoms with Crippen molar-refractivity contribution in [2.45, 2.75) is 22.9 Å². The Hall–Kier alpha value is -2.15. The molecule has 0 saturated carbocycles. The van der Waals surface area contributed by atoms with E-state index in [-0.39, 0.29) is 6.15 Å². The second-order valence-electron chi connectivity index (χ2n) is 5.56. The lowest BCUT2D eigenvalue weighted by atomic mass is 10.2. The first kappa shape index (κ1) is 23.9. The van der Waals surface area contributed by atoms with Crippen LogP contribution in [0, 0.1) is 6.92 Å². The standard InChI is InChI=1S/C19H19F3OS2.CO2/c1-13(12-25-17-8-9-18(23-3)14(2)10-17)11-24-16-6-4-15(5-7-16)19(20,21)22;2-1-3/h4-10H,1,11-12H2,2-3H3;. The van der Waals surface area contributed by atoms with Gasteiger partial charge in [-0.3, -0.25) is 0 Å². The number of hydrogen-bond acceptors (Lipinski definition) is 5. The summed E-state index contributed by atoms with van der Waals surface area (Å²) in [6.45, 7) is 6.05. The molecule has 0 fully saturated rings. The van der Waals surface area contributed by atoms with Crippen LogP contribution in [0.2, 0.25) is 0 Å². The first-order chi connectivity index (χ1) is 13.2. The Kier molecular flexibility index (Phi) is 9.93. The second-order valence-corrected chi connectivity index (χ2v) is 7.66. The van der Waals surface area contributed by atoms with E-state index in [0.29, 0.717) is 5.75 Å². The molecule has 0 radical (unpaired) electrons. The van der Waals surface area contributed by atoms with Crippen molar-refractivity contribution in [2.24, 2.45) is 0 Å². The van der Waals surface area contributed by atoms with Crippen molar-refractivity contribution in [1.29, 1.82) is 0 Å². The third-order valence-electron chi connectivity index (χ3n) is 3.43. The zero-order valence-electron chi connectivity index (χ0n) is 15.3. The molecule has 0 aliphatic rings. The fourth-order valence-corrected chi connectivity index (χ4v) is 3.92. The molecule has 2 aromatic carbocycles. The Morgan fingerprint density at radius 1 is 1.04 bits per heavy atom. The molecule has 0 heterocycles. The number of thioether (sulfide) groups is 2. The van der Waals surface area contributed by atoms with Crippen molar-refractivity contribution in [3.05, 3.63) is 65.7 Å². The Morgan fingerprint density at radius 3 is 2.00 bits per heavy atom. The molecule has 2 aromatic rings. The lowest BCUT2D eigenvalue weighted by Crippen LogP contribution is -2.03. The van der Waals surface area contributed by atoms with Crippen LogP contribution in [0.1, 0.15) is 11.1 Å². The zero-order valence-corrected chi connectivity index (χ0v) is 17.0. The third kappa shape index (κ3) is 8.25. The summed E-state index contributed by atoms with van der Waals surface area (Å²) in [5, 5.41) is 0. The van der Waals surface area contributed by atoms with E-state index >= 15 is 0 Å². The average Bonchev–Trinajstić information content (AvgIpc) is 2.65. The maximum Gasteiger partial charge on any atom is 0.416 e. The van der Waals surface area contributed by atoms with Gasteiger partial charge in [0.25, 0.3) is 0 Å². The van der Waals surface area contributed by atoms with Gasteiger partial charge in [-0.2, -0.15) is 22.8 Å². The fraction of sp³-hybridized carbons (Fsp3) is 0.250. The van der Waals surface area contributed by atoms with Crippen molar-refractivity contribution < 1.29 is 27.5 Å². The van der Waals surface area contributed by atoms with Crippen molar-refractivity contribution in [3.63, 3.8) is 0 Å². The lowest BCUT2D eigenvalue weighted by Gasteiger charge is -2.09. The summed E-state index contributed by atoms with van der Waals surface area (Å²) in [6.07, 6.45) is -4.04. The molecule has 0 N–H and O–H groups in total. The molecule has 0 bridgehead atoms. The van der Waals surface area contributed by atoms with E-state index < -0.39 is 11.7 Å². The normalized spacial score (nSPS) is 10.5. The zero-order chi connectivity index (χ0) is 21.2. The van der Waals surface area contributed by atoms with Crippen molar-refractivity contribution in [2.75, 3.05) is 18.6 Å². The number of methoxy groups -OCH3 is 1. The van der Waals surface area contributed by atoms with E-state index in [1.807, 2.05) is 19.1 Å². The van der Waals surface area contributed by atoms with Crippen LogP contribution >= 0.6 is 23.5 Å². The molecule has 8 heteroatoms. The van der Waals surface area contributed by atoms with E-state index in [1.54, 1.807) is 18.9 Å². The number of rotatable bonds is 7. The van der Waals surface area contributed by atoms with Crippen molar-refractivity contribution in [3.8, 4) is 5.75 Å².